The maximum Gasteiger partial charge on any atom is 0.394 e. The summed E-state index contributed by atoms with van der Waals surface area (Å²) in [6.07, 6.45) is -5.25. The first kappa shape index (κ1) is 14.0. The third-order valence-electron chi connectivity index (χ3n) is 3.29. The minimum Gasteiger partial charge on any atom is -0.358 e. The second-order valence-corrected chi connectivity index (χ2v) is 5.26. The number of alkyl halides is 3. The molecule has 2 aromatic carbocycles. The summed E-state index contributed by atoms with van der Waals surface area (Å²) in [5, 5.41) is 1.33. The predicted molar refractivity (Wildman–Crippen MR) is 78.5 cm³/mol. The molecule has 21 heavy (non-hydrogen) atoms. The third kappa shape index (κ3) is 2.90. The fourth-order valence-electron chi connectivity index (χ4n) is 2.48. The van der Waals surface area contributed by atoms with Crippen LogP contribution in [0.3, 0.4) is 0 Å². The summed E-state index contributed by atoms with van der Waals surface area (Å²) in [7, 11) is 0. The van der Waals surface area contributed by atoms with Crippen molar-refractivity contribution in [1.82, 2.24) is 4.98 Å². The molecule has 0 aliphatic rings. The van der Waals surface area contributed by atoms with E-state index in [0.29, 0.717) is 16.1 Å². The van der Waals surface area contributed by atoms with Gasteiger partial charge in [-0.3, -0.25) is 0 Å². The van der Waals surface area contributed by atoms with Crippen LogP contribution >= 0.6 is 11.6 Å². The van der Waals surface area contributed by atoms with Crippen LogP contribution in [0, 0.1) is 0 Å². The van der Waals surface area contributed by atoms with Gasteiger partial charge in [-0.15, -0.1) is 0 Å². The zero-order valence-electron chi connectivity index (χ0n) is 10.8. The molecule has 1 nitrogen and oxygen atoms in total. The van der Waals surface area contributed by atoms with Crippen LogP contribution in [0.15, 0.2) is 48.5 Å². The standard InChI is InChI=1S/C16H11ClF3N/c17-11-7-5-10(6-8-11)15-12-3-1-2-4-13(12)21-14(15)9-16(18,19)20/h1-8,21H,9H2. The van der Waals surface area contributed by atoms with Gasteiger partial charge in [0.25, 0.3) is 0 Å². The summed E-state index contributed by atoms with van der Waals surface area (Å²) in [5.74, 6) is 0. The van der Waals surface area contributed by atoms with E-state index in [1.165, 1.54) is 0 Å². The van der Waals surface area contributed by atoms with E-state index >= 15 is 0 Å². The highest BCUT2D eigenvalue weighted by atomic mass is 35.5. The van der Waals surface area contributed by atoms with Gasteiger partial charge < -0.3 is 4.98 Å². The van der Waals surface area contributed by atoms with Gasteiger partial charge in [-0.05, 0) is 23.8 Å². The average molecular weight is 310 g/mol. The lowest BCUT2D eigenvalue weighted by molar-refractivity contribution is -0.127. The number of aromatic nitrogens is 1. The summed E-state index contributed by atoms with van der Waals surface area (Å²) < 4.78 is 38.4. The van der Waals surface area contributed by atoms with E-state index in [9.17, 15) is 13.2 Å². The number of H-pyrrole nitrogens is 1. The molecule has 5 heteroatoms. The first-order valence-electron chi connectivity index (χ1n) is 6.36. The molecule has 0 atom stereocenters. The van der Waals surface area contributed by atoms with Crippen molar-refractivity contribution >= 4 is 22.5 Å². The molecule has 1 N–H and O–H groups in total. The number of nitrogens with one attached hydrogen (secondary N) is 1. The van der Waals surface area contributed by atoms with E-state index in [1.54, 1.807) is 36.4 Å². The number of para-hydroxylation sites is 1. The number of fused-ring (bicyclic) bond motifs is 1. The second-order valence-electron chi connectivity index (χ2n) is 4.82. The minimum absolute atomic E-state index is 0.172. The highest BCUT2D eigenvalue weighted by Crippen LogP contribution is 2.36. The van der Waals surface area contributed by atoms with E-state index in [2.05, 4.69) is 4.98 Å². The number of benzene rings is 2. The lowest BCUT2D eigenvalue weighted by atomic mass is 10.0. The minimum atomic E-state index is -4.26. The largest absolute Gasteiger partial charge is 0.394 e. The van der Waals surface area contributed by atoms with Crippen molar-refractivity contribution in [3.63, 3.8) is 0 Å². The molecule has 0 aliphatic carbocycles. The molecule has 0 aliphatic heterocycles. The van der Waals surface area contributed by atoms with Crippen LogP contribution < -0.4 is 0 Å². The highest BCUT2D eigenvalue weighted by molar-refractivity contribution is 6.30. The van der Waals surface area contributed by atoms with Crippen molar-refractivity contribution in [2.24, 2.45) is 0 Å². The Labute approximate surface area is 124 Å². The molecule has 0 saturated carbocycles. The van der Waals surface area contributed by atoms with Crippen molar-refractivity contribution in [1.29, 1.82) is 0 Å². The second kappa shape index (κ2) is 5.11. The molecule has 0 fully saturated rings. The Hall–Kier alpha value is -1.94. The number of hydrogen-bond acceptors (Lipinski definition) is 0. The molecule has 3 rings (SSSR count). The van der Waals surface area contributed by atoms with Gasteiger partial charge in [0.1, 0.15) is 0 Å². The van der Waals surface area contributed by atoms with Crippen LogP contribution in [0.4, 0.5) is 13.2 Å². The summed E-state index contributed by atoms with van der Waals surface area (Å²) in [6, 6.07) is 14.0. The third-order valence-corrected chi connectivity index (χ3v) is 3.55. The smallest absolute Gasteiger partial charge is 0.358 e. The number of halogens is 4. The number of aromatic amines is 1. The van der Waals surface area contributed by atoms with Gasteiger partial charge in [-0.2, -0.15) is 13.2 Å². The zero-order valence-corrected chi connectivity index (χ0v) is 11.6. The molecule has 0 unspecified atom stereocenters. The van der Waals surface area contributed by atoms with Crippen LogP contribution in [-0.4, -0.2) is 11.2 Å². The molecule has 3 aromatic rings. The average Bonchev–Trinajstić information content (AvgIpc) is 2.75. The SMILES string of the molecule is FC(F)(F)Cc1[nH]c2ccccc2c1-c1ccc(Cl)cc1. The van der Waals surface area contributed by atoms with E-state index in [0.717, 1.165) is 10.9 Å². The van der Waals surface area contributed by atoms with Crippen molar-refractivity contribution < 1.29 is 13.2 Å². The van der Waals surface area contributed by atoms with Gasteiger partial charge >= 0.3 is 6.18 Å². The molecule has 0 spiro atoms. The monoisotopic (exact) mass is 309 g/mol. The normalized spacial score (nSPS) is 12.0. The highest BCUT2D eigenvalue weighted by Gasteiger charge is 2.30. The van der Waals surface area contributed by atoms with Crippen LogP contribution in [0.25, 0.3) is 22.0 Å². The van der Waals surface area contributed by atoms with Crippen LogP contribution in [0.1, 0.15) is 5.69 Å². The summed E-state index contributed by atoms with van der Waals surface area (Å²) in [6.45, 7) is 0. The molecule has 1 aromatic heterocycles. The van der Waals surface area contributed by atoms with Crippen LogP contribution in [-0.2, 0) is 6.42 Å². The summed E-state index contributed by atoms with van der Waals surface area (Å²) in [4.78, 5) is 2.88. The Bertz CT molecular complexity index is 772. The van der Waals surface area contributed by atoms with Crippen LogP contribution in [0.5, 0.6) is 0 Å². The predicted octanol–water partition coefficient (Wildman–Crippen LogP) is 5.59. The quantitative estimate of drug-likeness (QED) is 0.635. The molecule has 1 heterocycles. The van der Waals surface area contributed by atoms with Gasteiger partial charge in [0.2, 0.25) is 0 Å². The molecular weight excluding hydrogens is 299 g/mol. The van der Waals surface area contributed by atoms with Crippen molar-refractivity contribution in [2.75, 3.05) is 0 Å². The first-order chi connectivity index (χ1) is 9.94. The van der Waals surface area contributed by atoms with E-state index in [-0.39, 0.29) is 5.69 Å². The number of hydrogen-bond donors (Lipinski definition) is 1. The molecule has 0 bridgehead atoms. The summed E-state index contributed by atoms with van der Waals surface area (Å²) >= 11 is 5.85. The molecule has 0 amide bonds. The van der Waals surface area contributed by atoms with Gasteiger partial charge in [0.05, 0.1) is 6.42 Å². The maximum atomic E-state index is 12.8. The lowest BCUT2D eigenvalue weighted by Crippen LogP contribution is -2.12. The van der Waals surface area contributed by atoms with E-state index in [4.69, 9.17) is 11.6 Å². The van der Waals surface area contributed by atoms with Gasteiger partial charge in [-0.25, -0.2) is 0 Å². The van der Waals surface area contributed by atoms with Gasteiger partial charge in [0, 0.05) is 27.2 Å². The molecule has 108 valence electrons. The fraction of sp³-hybridized carbons (Fsp3) is 0.125. The van der Waals surface area contributed by atoms with E-state index in [1.807, 2.05) is 12.1 Å². The molecule has 0 saturated heterocycles. The van der Waals surface area contributed by atoms with Crippen molar-refractivity contribution in [3.8, 4) is 11.1 Å². The first-order valence-corrected chi connectivity index (χ1v) is 6.74. The van der Waals surface area contributed by atoms with E-state index < -0.39 is 12.6 Å². The van der Waals surface area contributed by atoms with Crippen molar-refractivity contribution in [3.05, 3.63) is 59.2 Å². The topological polar surface area (TPSA) is 15.8 Å². The van der Waals surface area contributed by atoms with Gasteiger partial charge in [-0.1, -0.05) is 41.9 Å². The lowest BCUT2D eigenvalue weighted by Gasteiger charge is -2.08. The Morgan fingerprint density at radius 2 is 1.62 bits per heavy atom. The Kier molecular flexibility index (Phi) is 3.41. The van der Waals surface area contributed by atoms with Gasteiger partial charge in [0.15, 0.2) is 0 Å². The maximum absolute atomic E-state index is 12.8. The Balaban J connectivity index is 2.22. The fourth-order valence-corrected chi connectivity index (χ4v) is 2.60. The zero-order chi connectivity index (χ0) is 15.0. The molecule has 0 radical (unpaired) electrons. The summed E-state index contributed by atoms with van der Waals surface area (Å²) in [5.41, 5.74) is 2.17. The van der Waals surface area contributed by atoms with Crippen LogP contribution in [0.2, 0.25) is 5.02 Å². The Morgan fingerprint density at radius 3 is 2.29 bits per heavy atom. The van der Waals surface area contributed by atoms with Crippen molar-refractivity contribution in [2.45, 2.75) is 12.6 Å². The Morgan fingerprint density at radius 1 is 0.952 bits per heavy atom. The number of rotatable bonds is 2. The molecular formula is C16H11ClF3N.